The van der Waals surface area contributed by atoms with E-state index >= 15 is 0 Å². The molecule has 4 atom stereocenters. The number of rotatable bonds is 5. The molecule has 2 aromatic rings. The van der Waals surface area contributed by atoms with Gasteiger partial charge in [0.2, 0.25) is 17.7 Å². The van der Waals surface area contributed by atoms with Crippen molar-refractivity contribution in [2.75, 3.05) is 11.9 Å². The van der Waals surface area contributed by atoms with E-state index < -0.39 is 0 Å². The average molecular weight is 380 g/mol. The van der Waals surface area contributed by atoms with Gasteiger partial charge in [0.15, 0.2) is 0 Å². The van der Waals surface area contributed by atoms with Crippen LogP contribution in [0.5, 0.6) is 0 Å². The summed E-state index contributed by atoms with van der Waals surface area (Å²) in [6.07, 6.45) is 5.06. The molecular formula is C21H24N4O3. The number of benzene rings is 1. The number of hydrogen-bond acceptors (Lipinski definition) is 4. The first-order valence-corrected chi connectivity index (χ1v) is 10.2. The number of aromatic nitrogens is 2. The maximum Gasteiger partial charge on any atom is 0.233 e. The minimum Gasteiger partial charge on any atom is -0.331 e. The van der Waals surface area contributed by atoms with Crippen LogP contribution >= 0.6 is 0 Å². The fraction of sp³-hybridized carbons (Fsp3) is 0.524. The maximum absolute atomic E-state index is 12.7. The quantitative estimate of drug-likeness (QED) is 0.808. The number of fused-ring (bicyclic) bond motifs is 6. The van der Waals surface area contributed by atoms with Crippen LogP contribution in [0.25, 0.3) is 11.0 Å². The van der Waals surface area contributed by atoms with E-state index in [0.29, 0.717) is 17.5 Å². The first-order valence-electron chi connectivity index (χ1n) is 10.2. The summed E-state index contributed by atoms with van der Waals surface area (Å²) in [6, 6.07) is 5.63. The van der Waals surface area contributed by atoms with Gasteiger partial charge < -0.3 is 9.88 Å². The number of amides is 3. The molecule has 3 amide bonds. The van der Waals surface area contributed by atoms with Crippen molar-refractivity contribution in [2.24, 2.45) is 23.7 Å². The molecule has 1 aromatic heterocycles. The Labute approximate surface area is 163 Å². The first-order chi connectivity index (χ1) is 13.6. The summed E-state index contributed by atoms with van der Waals surface area (Å²) >= 11 is 0. The van der Waals surface area contributed by atoms with Gasteiger partial charge in [-0.2, -0.15) is 0 Å². The molecule has 0 unspecified atom stereocenters. The van der Waals surface area contributed by atoms with Crippen LogP contribution in [0.2, 0.25) is 0 Å². The Hall–Kier alpha value is -2.70. The molecule has 2 bridgehead atoms. The molecule has 5 rings (SSSR count). The van der Waals surface area contributed by atoms with Gasteiger partial charge in [0.05, 0.1) is 29.2 Å². The van der Waals surface area contributed by atoms with Crippen molar-refractivity contribution in [1.29, 1.82) is 0 Å². The highest BCUT2D eigenvalue weighted by molar-refractivity contribution is 6.06. The number of likely N-dealkylation sites (tertiary alicyclic amines) is 1. The zero-order valence-electron chi connectivity index (χ0n) is 15.9. The van der Waals surface area contributed by atoms with E-state index in [4.69, 9.17) is 0 Å². The number of carbonyl (C=O) groups excluding carboxylic acids is 3. The highest BCUT2D eigenvalue weighted by atomic mass is 16.2. The number of imide groups is 1. The van der Waals surface area contributed by atoms with Crippen LogP contribution in [0, 0.1) is 23.7 Å². The number of nitrogens with zero attached hydrogens (tertiary/aromatic N) is 3. The van der Waals surface area contributed by atoms with Gasteiger partial charge >= 0.3 is 0 Å². The third kappa shape index (κ3) is 2.56. The van der Waals surface area contributed by atoms with Gasteiger partial charge in [-0.3, -0.25) is 19.3 Å². The molecule has 1 saturated heterocycles. The minimum absolute atomic E-state index is 0.0541. The second-order valence-electron chi connectivity index (χ2n) is 8.25. The largest absolute Gasteiger partial charge is 0.331 e. The van der Waals surface area contributed by atoms with Gasteiger partial charge in [0, 0.05) is 25.2 Å². The second-order valence-corrected chi connectivity index (χ2v) is 8.25. The summed E-state index contributed by atoms with van der Waals surface area (Å²) in [4.78, 5) is 43.5. The lowest BCUT2D eigenvalue weighted by molar-refractivity contribution is -0.140. The van der Waals surface area contributed by atoms with E-state index in [1.54, 1.807) is 6.33 Å². The van der Waals surface area contributed by atoms with E-state index in [9.17, 15) is 14.4 Å². The minimum atomic E-state index is -0.199. The Morgan fingerprint density at radius 3 is 2.57 bits per heavy atom. The van der Waals surface area contributed by atoms with Crippen LogP contribution in [-0.4, -0.2) is 38.7 Å². The SMILES string of the molecule is CCn1cnc2cc(NC(=O)CCN3C(=O)[C@@H]4[C@H]5CC[C@@H](C5)[C@H]4C3=O)ccc21. The van der Waals surface area contributed by atoms with Crippen LogP contribution in [0.3, 0.4) is 0 Å². The first kappa shape index (κ1) is 17.4. The Bertz CT molecular complexity index is 953. The molecule has 3 aliphatic rings. The lowest BCUT2D eigenvalue weighted by Crippen LogP contribution is -2.35. The monoisotopic (exact) mass is 380 g/mol. The van der Waals surface area contributed by atoms with Gasteiger partial charge in [0.25, 0.3) is 0 Å². The average Bonchev–Trinajstić information content (AvgIpc) is 3.44. The molecule has 1 aromatic carbocycles. The van der Waals surface area contributed by atoms with Gasteiger partial charge in [-0.25, -0.2) is 4.98 Å². The zero-order chi connectivity index (χ0) is 19.4. The van der Waals surface area contributed by atoms with Crippen molar-refractivity contribution in [3.8, 4) is 0 Å². The summed E-state index contributed by atoms with van der Waals surface area (Å²) < 4.78 is 2.04. The highest BCUT2D eigenvalue weighted by Gasteiger charge is 2.60. The Morgan fingerprint density at radius 2 is 1.89 bits per heavy atom. The lowest BCUT2D eigenvalue weighted by atomic mass is 9.81. The highest BCUT2D eigenvalue weighted by Crippen LogP contribution is 2.56. The molecule has 7 heteroatoms. The predicted octanol–water partition coefficient (Wildman–Crippen LogP) is 2.42. The fourth-order valence-electron chi connectivity index (χ4n) is 5.52. The molecule has 2 heterocycles. The number of imidazole rings is 1. The Balaban J connectivity index is 1.22. The molecule has 7 nitrogen and oxygen atoms in total. The smallest absolute Gasteiger partial charge is 0.233 e. The maximum atomic E-state index is 12.7. The number of nitrogens with one attached hydrogen (secondary N) is 1. The van der Waals surface area contributed by atoms with E-state index in [1.807, 2.05) is 22.8 Å². The van der Waals surface area contributed by atoms with Crippen molar-refractivity contribution in [1.82, 2.24) is 14.5 Å². The van der Waals surface area contributed by atoms with E-state index in [2.05, 4.69) is 17.2 Å². The van der Waals surface area contributed by atoms with Crippen LogP contribution < -0.4 is 5.32 Å². The summed E-state index contributed by atoms with van der Waals surface area (Å²) in [5.41, 5.74) is 2.52. The van der Waals surface area contributed by atoms with Gasteiger partial charge in [0.1, 0.15) is 0 Å². The van der Waals surface area contributed by atoms with Crippen LogP contribution in [-0.2, 0) is 20.9 Å². The molecular weight excluding hydrogens is 356 g/mol. The number of aryl methyl sites for hydroxylation is 1. The van der Waals surface area contributed by atoms with E-state index in [0.717, 1.165) is 36.8 Å². The summed E-state index contributed by atoms with van der Waals surface area (Å²) in [6.45, 7) is 3.06. The van der Waals surface area contributed by atoms with Crippen molar-refractivity contribution in [3.63, 3.8) is 0 Å². The molecule has 0 spiro atoms. The van der Waals surface area contributed by atoms with Crippen LogP contribution in [0.15, 0.2) is 24.5 Å². The zero-order valence-corrected chi connectivity index (χ0v) is 15.9. The third-order valence-electron chi connectivity index (χ3n) is 6.83. The summed E-state index contributed by atoms with van der Waals surface area (Å²) in [5, 5.41) is 2.86. The van der Waals surface area contributed by atoms with E-state index in [-0.39, 0.29) is 42.5 Å². The molecule has 2 saturated carbocycles. The number of hydrogen-bond donors (Lipinski definition) is 1. The summed E-state index contributed by atoms with van der Waals surface area (Å²) in [7, 11) is 0. The van der Waals surface area contributed by atoms with E-state index in [1.165, 1.54) is 4.90 Å². The van der Waals surface area contributed by atoms with Gasteiger partial charge in [-0.05, 0) is 56.2 Å². The Kier molecular flexibility index (Phi) is 4.00. The normalized spacial score (nSPS) is 28.4. The topological polar surface area (TPSA) is 84.3 Å². The van der Waals surface area contributed by atoms with Crippen molar-refractivity contribution in [2.45, 2.75) is 39.2 Å². The van der Waals surface area contributed by atoms with Crippen molar-refractivity contribution >= 4 is 34.4 Å². The molecule has 146 valence electrons. The Morgan fingerprint density at radius 1 is 1.18 bits per heavy atom. The standard InChI is InChI=1S/C21H24N4O3/c1-2-24-11-22-15-10-14(5-6-16(15)24)23-17(26)7-8-25-20(27)18-12-3-4-13(9-12)19(18)21(25)28/h5-6,10-13,18-19H,2-4,7-9H2,1H3,(H,23,26)/t12-,13-,18+,19+/m0/s1. The number of anilines is 1. The molecule has 2 aliphatic carbocycles. The summed E-state index contributed by atoms with van der Waals surface area (Å²) in [5.74, 6) is 0.202. The van der Waals surface area contributed by atoms with Crippen LogP contribution in [0.1, 0.15) is 32.6 Å². The van der Waals surface area contributed by atoms with Crippen molar-refractivity contribution in [3.05, 3.63) is 24.5 Å². The molecule has 28 heavy (non-hydrogen) atoms. The molecule has 1 N–H and O–H groups in total. The predicted molar refractivity (Wildman–Crippen MR) is 103 cm³/mol. The van der Waals surface area contributed by atoms with Crippen molar-refractivity contribution < 1.29 is 14.4 Å². The third-order valence-corrected chi connectivity index (χ3v) is 6.83. The fourth-order valence-corrected chi connectivity index (χ4v) is 5.52. The number of carbonyl (C=O) groups is 3. The molecule has 0 radical (unpaired) electrons. The van der Waals surface area contributed by atoms with Gasteiger partial charge in [-0.1, -0.05) is 0 Å². The molecule has 1 aliphatic heterocycles. The second kappa shape index (κ2) is 6.43. The van der Waals surface area contributed by atoms with Gasteiger partial charge in [-0.15, -0.1) is 0 Å². The lowest BCUT2D eigenvalue weighted by Gasteiger charge is -2.19. The van der Waals surface area contributed by atoms with Crippen LogP contribution in [0.4, 0.5) is 5.69 Å². The molecule has 3 fully saturated rings.